The summed E-state index contributed by atoms with van der Waals surface area (Å²) in [4.78, 5) is 43.2. The number of allylic oxidation sites excluding steroid dienone is 2. The number of rotatable bonds is 5. The summed E-state index contributed by atoms with van der Waals surface area (Å²) in [5, 5.41) is 0.526. The van der Waals surface area contributed by atoms with Gasteiger partial charge in [-0.3, -0.25) is 24.2 Å². The molecule has 0 spiro atoms. The summed E-state index contributed by atoms with van der Waals surface area (Å²) in [6.07, 6.45) is 5.41. The standard InChI is InChI=1S/C26H23ClN2O4/c1-33-17-8-6-16(7-9-17)28(24(30)14-2-4-15(27)5-3-14)13-29-25(31)22-18-10-11-19(21-12-20(18)21)23(22)26(29)32/h2-11,18-23H,12-13H2,1H3/t18-,19-,20-,21+,22+,23+/m0/s1. The van der Waals surface area contributed by atoms with E-state index in [2.05, 4.69) is 12.2 Å². The first-order valence-corrected chi connectivity index (χ1v) is 11.6. The van der Waals surface area contributed by atoms with Crippen LogP contribution in [0.1, 0.15) is 16.8 Å². The molecule has 6 atom stereocenters. The normalized spacial score (nSPS) is 30.8. The molecule has 0 radical (unpaired) electrons. The number of hydrogen-bond donors (Lipinski definition) is 0. The summed E-state index contributed by atoms with van der Waals surface area (Å²) in [6.45, 7) is -0.118. The highest BCUT2D eigenvalue weighted by Crippen LogP contribution is 2.65. The maximum Gasteiger partial charge on any atom is 0.259 e. The molecule has 2 aromatic carbocycles. The van der Waals surface area contributed by atoms with Gasteiger partial charge in [0, 0.05) is 16.3 Å². The molecule has 168 valence electrons. The highest BCUT2D eigenvalue weighted by molar-refractivity contribution is 6.30. The van der Waals surface area contributed by atoms with E-state index < -0.39 is 0 Å². The number of amides is 3. The lowest BCUT2D eigenvalue weighted by molar-refractivity contribution is -0.140. The van der Waals surface area contributed by atoms with Gasteiger partial charge in [0.05, 0.1) is 18.9 Å². The number of nitrogens with zero attached hydrogens (tertiary/aromatic N) is 2. The number of benzene rings is 2. The molecule has 2 bridgehead atoms. The Kier molecular flexibility index (Phi) is 4.63. The van der Waals surface area contributed by atoms with Gasteiger partial charge < -0.3 is 4.74 Å². The fourth-order valence-corrected chi connectivity index (χ4v) is 6.20. The Morgan fingerprint density at radius 1 is 0.970 bits per heavy atom. The molecule has 3 amide bonds. The van der Waals surface area contributed by atoms with Crippen LogP contribution in [0.4, 0.5) is 5.69 Å². The molecule has 33 heavy (non-hydrogen) atoms. The summed E-state index contributed by atoms with van der Waals surface area (Å²) in [5.74, 6) is 0.807. The van der Waals surface area contributed by atoms with Crippen molar-refractivity contribution in [3.05, 3.63) is 71.3 Å². The van der Waals surface area contributed by atoms with Crippen LogP contribution in [0.5, 0.6) is 5.75 Å². The Morgan fingerprint density at radius 3 is 2.09 bits per heavy atom. The van der Waals surface area contributed by atoms with E-state index in [4.69, 9.17) is 16.3 Å². The van der Waals surface area contributed by atoms with Gasteiger partial charge >= 0.3 is 0 Å². The van der Waals surface area contributed by atoms with E-state index in [1.807, 2.05) is 0 Å². The Hall–Kier alpha value is -3.12. The molecule has 4 aliphatic carbocycles. The molecule has 2 saturated carbocycles. The lowest BCUT2D eigenvalue weighted by atomic mass is 9.63. The molecule has 1 aliphatic heterocycles. The molecular formula is C26H23ClN2O4. The second kappa shape index (κ2) is 7.45. The van der Waals surface area contributed by atoms with Crippen molar-refractivity contribution in [1.82, 2.24) is 4.90 Å². The van der Waals surface area contributed by atoms with E-state index in [0.717, 1.165) is 6.42 Å². The fourth-order valence-electron chi connectivity index (χ4n) is 6.07. The van der Waals surface area contributed by atoms with Crippen LogP contribution >= 0.6 is 11.6 Å². The van der Waals surface area contributed by atoms with Gasteiger partial charge in [-0.05, 0) is 78.6 Å². The van der Waals surface area contributed by atoms with Crippen molar-refractivity contribution in [2.24, 2.45) is 35.5 Å². The van der Waals surface area contributed by atoms with Crippen LogP contribution in [-0.2, 0) is 9.59 Å². The number of carbonyl (C=O) groups is 3. The molecule has 5 aliphatic rings. The van der Waals surface area contributed by atoms with Gasteiger partial charge in [0.1, 0.15) is 12.4 Å². The third kappa shape index (κ3) is 3.11. The number of carbonyl (C=O) groups excluding carboxylic acids is 3. The molecule has 2 aromatic rings. The smallest absolute Gasteiger partial charge is 0.259 e. The first-order valence-electron chi connectivity index (χ1n) is 11.2. The van der Waals surface area contributed by atoms with Crippen molar-refractivity contribution in [2.45, 2.75) is 6.42 Å². The minimum atomic E-state index is -0.309. The van der Waals surface area contributed by atoms with E-state index in [9.17, 15) is 14.4 Å². The monoisotopic (exact) mass is 462 g/mol. The van der Waals surface area contributed by atoms with Crippen molar-refractivity contribution in [2.75, 3.05) is 18.7 Å². The summed E-state index contributed by atoms with van der Waals surface area (Å²) in [7, 11) is 1.57. The molecule has 0 N–H and O–H groups in total. The van der Waals surface area contributed by atoms with Crippen LogP contribution in [-0.4, -0.2) is 36.4 Å². The Labute approximate surface area is 196 Å². The van der Waals surface area contributed by atoms with Crippen molar-refractivity contribution in [3.8, 4) is 5.75 Å². The molecule has 1 saturated heterocycles. The quantitative estimate of drug-likeness (QED) is 0.497. The topological polar surface area (TPSA) is 66.9 Å². The van der Waals surface area contributed by atoms with Gasteiger partial charge in [0.15, 0.2) is 0 Å². The SMILES string of the molecule is COc1ccc(N(CN2C(=O)[C@@H]3[C@H]4C=C[C@@H]([C@@H]5C[C@H]45)[C@H]3C2=O)C(=O)c2ccc(Cl)cc2)cc1. The molecule has 6 nitrogen and oxygen atoms in total. The van der Waals surface area contributed by atoms with E-state index in [-0.39, 0.29) is 48.1 Å². The minimum Gasteiger partial charge on any atom is -0.497 e. The maximum atomic E-state index is 13.5. The van der Waals surface area contributed by atoms with Crippen LogP contribution in [0.2, 0.25) is 5.02 Å². The van der Waals surface area contributed by atoms with Crippen molar-refractivity contribution in [3.63, 3.8) is 0 Å². The zero-order chi connectivity index (χ0) is 22.9. The Balaban J connectivity index is 1.33. The van der Waals surface area contributed by atoms with E-state index in [0.29, 0.717) is 33.9 Å². The highest BCUT2D eigenvalue weighted by atomic mass is 35.5. The molecule has 7 heteroatoms. The first-order chi connectivity index (χ1) is 16.0. The first kappa shape index (κ1) is 20.5. The van der Waals surface area contributed by atoms with Crippen molar-refractivity contribution < 1.29 is 19.1 Å². The van der Waals surface area contributed by atoms with Gasteiger partial charge in [-0.15, -0.1) is 0 Å². The minimum absolute atomic E-state index is 0.118. The average Bonchev–Trinajstić information content (AvgIpc) is 3.63. The van der Waals surface area contributed by atoms with E-state index >= 15 is 0 Å². The Bertz CT molecular complexity index is 1140. The van der Waals surface area contributed by atoms with Gasteiger partial charge in [0.25, 0.3) is 5.91 Å². The maximum absolute atomic E-state index is 13.5. The number of ether oxygens (including phenoxy) is 1. The zero-order valence-electron chi connectivity index (χ0n) is 18.1. The predicted octanol–water partition coefficient (Wildman–Crippen LogP) is 4.01. The molecule has 7 rings (SSSR count). The van der Waals surface area contributed by atoms with Gasteiger partial charge in [0.2, 0.25) is 11.8 Å². The van der Waals surface area contributed by atoms with Gasteiger partial charge in [-0.25, -0.2) is 0 Å². The molecule has 3 fully saturated rings. The second-order valence-corrected chi connectivity index (χ2v) is 9.78. The summed E-state index contributed by atoms with van der Waals surface area (Å²) < 4.78 is 5.24. The third-order valence-corrected chi connectivity index (χ3v) is 8.01. The van der Waals surface area contributed by atoms with Gasteiger partial charge in [-0.2, -0.15) is 0 Å². The van der Waals surface area contributed by atoms with Crippen LogP contribution in [0.3, 0.4) is 0 Å². The number of methoxy groups -OCH3 is 1. The number of hydrogen-bond acceptors (Lipinski definition) is 4. The fraction of sp³-hybridized carbons (Fsp3) is 0.346. The number of likely N-dealkylation sites (tertiary alicyclic amines) is 1. The summed E-state index contributed by atoms with van der Waals surface area (Å²) in [6, 6.07) is 13.6. The molecule has 1 heterocycles. The summed E-state index contributed by atoms with van der Waals surface area (Å²) in [5.41, 5.74) is 1.00. The second-order valence-electron chi connectivity index (χ2n) is 9.34. The number of imide groups is 1. The highest BCUT2D eigenvalue weighted by Gasteiger charge is 2.67. The number of anilines is 1. The largest absolute Gasteiger partial charge is 0.497 e. The van der Waals surface area contributed by atoms with Crippen LogP contribution < -0.4 is 9.64 Å². The summed E-state index contributed by atoms with van der Waals surface area (Å²) >= 11 is 6.00. The van der Waals surface area contributed by atoms with Crippen molar-refractivity contribution >= 4 is 35.0 Å². The molecule has 0 unspecified atom stereocenters. The third-order valence-electron chi connectivity index (χ3n) is 7.76. The van der Waals surface area contributed by atoms with E-state index in [1.54, 1.807) is 55.6 Å². The lowest BCUT2D eigenvalue weighted by Crippen LogP contribution is -2.45. The Morgan fingerprint density at radius 2 is 1.55 bits per heavy atom. The van der Waals surface area contributed by atoms with Crippen LogP contribution in [0.15, 0.2) is 60.7 Å². The average molecular weight is 463 g/mol. The van der Waals surface area contributed by atoms with Gasteiger partial charge in [-0.1, -0.05) is 23.8 Å². The zero-order valence-corrected chi connectivity index (χ0v) is 18.8. The van der Waals surface area contributed by atoms with E-state index in [1.165, 1.54) is 9.80 Å². The lowest BCUT2D eigenvalue weighted by Gasteiger charge is -2.37. The van der Waals surface area contributed by atoms with Crippen LogP contribution in [0.25, 0.3) is 0 Å². The predicted molar refractivity (Wildman–Crippen MR) is 123 cm³/mol. The molecule has 0 aromatic heterocycles. The van der Waals surface area contributed by atoms with Crippen molar-refractivity contribution in [1.29, 1.82) is 0 Å². The number of halogens is 1. The van der Waals surface area contributed by atoms with Crippen LogP contribution in [0, 0.1) is 35.5 Å². The molecular weight excluding hydrogens is 440 g/mol.